The average Bonchev–Trinajstić information content (AvgIpc) is 2.53. The van der Waals surface area contributed by atoms with E-state index in [0.717, 1.165) is 12.0 Å². The fourth-order valence-corrected chi connectivity index (χ4v) is 2.07. The predicted molar refractivity (Wildman–Crippen MR) is 87.7 cm³/mol. The molecule has 2 aromatic rings. The van der Waals surface area contributed by atoms with E-state index in [1.54, 1.807) is 6.21 Å². The van der Waals surface area contributed by atoms with E-state index in [1.807, 2.05) is 67.6 Å². The molecule has 22 heavy (non-hydrogen) atoms. The third-order valence-electron chi connectivity index (χ3n) is 3.06. The summed E-state index contributed by atoms with van der Waals surface area (Å²) in [7, 11) is 0. The van der Waals surface area contributed by atoms with Crippen molar-refractivity contribution in [3.63, 3.8) is 0 Å². The van der Waals surface area contributed by atoms with E-state index in [-0.39, 0.29) is 18.6 Å². The van der Waals surface area contributed by atoms with Crippen molar-refractivity contribution in [1.29, 1.82) is 0 Å². The predicted octanol–water partition coefficient (Wildman–Crippen LogP) is 2.78. The fraction of sp³-hybridized carbons (Fsp3) is 0.222. The number of rotatable bonds is 7. The highest BCUT2D eigenvalue weighted by molar-refractivity contribution is 5.79. The van der Waals surface area contributed by atoms with E-state index in [0.29, 0.717) is 0 Å². The van der Waals surface area contributed by atoms with Crippen molar-refractivity contribution in [2.75, 3.05) is 6.61 Å². The Morgan fingerprint density at radius 3 is 2.45 bits per heavy atom. The molecule has 0 aliphatic heterocycles. The number of nitrogens with zero attached hydrogens (tertiary/aromatic N) is 1. The SMILES string of the molecule is CC(Cc1ccccc1)NC(=O)CON=Cc1ccccc1. The van der Waals surface area contributed by atoms with Gasteiger partial charge in [0.15, 0.2) is 6.61 Å². The van der Waals surface area contributed by atoms with Crippen LogP contribution in [0.4, 0.5) is 0 Å². The van der Waals surface area contributed by atoms with Crippen molar-refractivity contribution in [2.24, 2.45) is 5.16 Å². The van der Waals surface area contributed by atoms with Gasteiger partial charge in [-0.05, 0) is 24.5 Å². The molecule has 0 spiro atoms. The van der Waals surface area contributed by atoms with Crippen LogP contribution in [0, 0.1) is 0 Å². The monoisotopic (exact) mass is 296 g/mol. The average molecular weight is 296 g/mol. The van der Waals surface area contributed by atoms with Crippen LogP contribution in [-0.2, 0) is 16.1 Å². The molecular formula is C18H20N2O2. The Kier molecular flexibility index (Phi) is 6.18. The third kappa shape index (κ3) is 5.79. The van der Waals surface area contributed by atoms with Crippen LogP contribution in [0.25, 0.3) is 0 Å². The van der Waals surface area contributed by atoms with Gasteiger partial charge >= 0.3 is 0 Å². The molecule has 4 heteroatoms. The summed E-state index contributed by atoms with van der Waals surface area (Å²) in [5.74, 6) is -0.173. The number of oxime groups is 1. The van der Waals surface area contributed by atoms with Gasteiger partial charge in [0.2, 0.25) is 0 Å². The Morgan fingerprint density at radius 1 is 1.14 bits per heavy atom. The van der Waals surface area contributed by atoms with Gasteiger partial charge in [0.1, 0.15) is 0 Å². The lowest BCUT2D eigenvalue weighted by Crippen LogP contribution is -2.36. The molecule has 0 fully saturated rings. The van der Waals surface area contributed by atoms with Gasteiger partial charge in [0, 0.05) is 6.04 Å². The zero-order valence-corrected chi connectivity index (χ0v) is 12.6. The maximum atomic E-state index is 11.7. The van der Waals surface area contributed by atoms with Gasteiger partial charge in [-0.25, -0.2) is 0 Å². The normalized spacial score (nSPS) is 12.0. The lowest BCUT2D eigenvalue weighted by Gasteiger charge is -2.13. The van der Waals surface area contributed by atoms with Gasteiger partial charge in [0.25, 0.3) is 5.91 Å². The van der Waals surface area contributed by atoms with Crippen LogP contribution in [0.3, 0.4) is 0 Å². The summed E-state index contributed by atoms with van der Waals surface area (Å²) in [5.41, 5.74) is 2.12. The number of amides is 1. The van der Waals surface area contributed by atoms with Gasteiger partial charge < -0.3 is 10.2 Å². The molecule has 1 N–H and O–H groups in total. The standard InChI is InChI=1S/C18H20N2O2/c1-15(12-16-8-4-2-5-9-16)20-18(21)14-22-19-13-17-10-6-3-7-11-17/h2-11,13,15H,12,14H2,1H3,(H,20,21). The summed E-state index contributed by atoms with van der Waals surface area (Å²) in [6, 6.07) is 19.7. The minimum atomic E-state index is -0.173. The minimum absolute atomic E-state index is 0.0524. The van der Waals surface area contributed by atoms with E-state index in [4.69, 9.17) is 4.84 Å². The number of carbonyl (C=O) groups excluding carboxylic acids is 1. The smallest absolute Gasteiger partial charge is 0.260 e. The Morgan fingerprint density at radius 2 is 1.77 bits per heavy atom. The van der Waals surface area contributed by atoms with Crippen molar-refractivity contribution in [3.8, 4) is 0 Å². The second-order valence-electron chi connectivity index (χ2n) is 5.08. The Hall–Kier alpha value is -2.62. The van der Waals surface area contributed by atoms with Crippen molar-refractivity contribution >= 4 is 12.1 Å². The fourth-order valence-electron chi connectivity index (χ4n) is 2.07. The zero-order chi connectivity index (χ0) is 15.6. The molecule has 4 nitrogen and oxygen atoms in total. The summed E-state index contributed by atoms with van der Waals surface area (Å²) in [4.78, 5) is 16.8. The first-order chi connectivity index (χ1) is 10.7. The molecule has 0 aliphatic carbocycles. The molecule has 1 amide bonds. The molecule has 1 atom stereocenters. The molecule has 0 heterocycles. The molecule has 0 radical (unpaired) electrons. The molecule has 2 rings (SSSR count). The molecule has 0 aromatic heterocycles. The number of hydrogen-bond donors (Lipinski definition) is 1. The summed E-state index contributed by atoms with van der Waals surface area (Å²) >= 11 is 0. The van der Waals surface area contributed by atoms with E-state index in [2.05, 4.69) is 10.5 Å². The van der Waals surface area contributed by atoms with Gasteiger partial charge in [-0.3, -0.25) is 4.79 Å². The molecule has 114 valence electrons. The van der Waals surface area contributed by atoms with Crippen LogP contribution in [-0.4, -0.2) is 24.8 Å². The van der Waals surface area contributed by atoms with Crippen molar-refractivity contribution in [1.82, 2.24) is 5.32 Å². The summed E-state index contributed by atoms with van der Waals surface area (Å²) in [5, 5.41) is 6.68. The van der Waals surface area contributed by atoms with Crippen LogP contribution in [0.2, 0.25) is 0 Å². The number of hydrogen-bond acceptors (Lipinski definition) is 3. The lowest BCUT2D eigenvalue weighted by atomic mass is 10.1. The van der Waals surface area contributed by atoms with Crippen molar-refractivity contribution in [3.05, 3.63) is 71.8 Å². The summed E-state index contributed by atoms with van der Waals surface area (Å²) in [6.07, 6.45) is 2.38. The highest BCUT2D eigenvalue weighted by Crippen LogP contribution is 2.02. The van der Waals surface area contributed by atoms with Crippen LogP contribution < -0.4 is 5.32 Å². The first-order valence-electron chi connectivity index (χ1n) is 7.27. The number of nitrogens with one attached hydrogen (secondary N) is 1. The van der Waals surface area contributed by atoms with Crippen molar-refractivity contribution in [2.45, 2.75) is 19.4 Å². The largest absolute Gasteiger partial charge is 0.386 e. The van der Waals surface area contributed by atoms with E-state index in [1.165, 1.54) is 5.56 Å². The van der Waals surface area contributed by atoms with Crippen LogP contribution in [0.1, 0.15) is 18.1 Å². The molecule has 2 aromatic carbocycles. The van der Waals surface area contributed by atoms with Gasteiger partial charge in [-0.1, -0.05) is 65.8 Å². The lowest BCUT2D eigenvalue weighted by molar-refractivity contribution is -0.126. The number of benzene rings is 2. The van der Waals surface area contributed by atoms with Crippen LogP contribution in [0.15, 0.2) is 65.8 Å². The molecule has 0 saturated carbocycles. The summed E-state index contributed by atoms with van der Waals surface area (Å²) in [6.45, 7) is 1.89. The first-order valence-corrected chi connectivity index (χ1v) is 7.27. The zero-order valence-electron chi connectivity index (χ0n) is 12.6. The molecule has 1 unspecified atom stereocenters. The molecule has 0 bridgehead atoms. The third-order valence-corrected chi connectivity index (χ3v) is 3.06. The Labute approximate surface area is 130 Å². The molecule has 0 aliphatic rings. The topological polar surface area (TPSA) is 50.7 Å². The maximum Gasteiger partial charge on any atom is 0.260 e. The van der Waals surface area contributed by atoms with Gasteiger partial charge in [0.05, 0.1) is 6.21 Å². The van der Waals surface area contributed by atoms with E-state index < -0.39 is 0 Å². The van der Waals surface area contributed by atoms with E-state index in [9.17, 15) is 4.79 Å². The molecular weight excluding hydrogens is 276 g/mol. The maximum absolute atomic E-state index is 11.7. The second kappa shape index (κ2) is 8.62. The second-order valence-corrected chi connectivity index (χ2v) is 5.08. The highest BCUT2D eigenvalue weighted by Gasteiger charge is 2.08. The van der Waals surface area contributed by atoms with Crippen molar-refractivity contribution < 1.29 is 9.63 Å². The highest BCUT2D eigenvalue weighted by atomic mass is 16.6. The van der Waals surface area contributed by atoms with Crippen LogP contribution >= 0.6 is 0 Å². The number of carbonyl (C=O) groups is 1. The molecule has 0 saturated heterocycles. The van der Waals surface area contributed by atoms with E-state index >= 15 is 0 Å². The summed E-state index contributed by atoms with van der Waals surface area (Å²) < 4.78 is 0. The van der Waals surface area contributed by atoms with Gasteiger partial charge in [-0.15, -0.1) is 0 Å². The van der Waals surface area contributed by atoms with Crippen LogP contribution in [0.5, 0.6) is 0 Å². The Balaban J connectivity index is 1.68. The van der Waals surface area contributed by atoms with Gasteiger partial charge in [-0.2, -0.15) is 0 Å². The minimum Gasteiger partial charge on any atom is -0.386 e. The quantitative estimate of drug-likeness (QED) is 0.631. The first kappa shape index (κ1) is 15.8. The Bertz CT molecular complexity index is 597.